The number of aliphatic hydroxyl groups excluding tert-OH is 1. The summed E-state index contributed by atoms with van der Waals surface area (Å²) in [6.07, 6.45) is 2.08. The quantitative estimate of drug-likeness (QED) is 0.860. The van der Waals surface area contributed by atoms with Gasteiger partial charge in [-0.25, -0.2) is 0 Å². The summed E-state index contributed by atoms with van der Waals surface area (Å²) in [7, 11) is 0. The topological polar surface area (TPSA) is 49.5 Å². The molecule has 18 heavy (non-hydrogen) atoms. The number of nitrogens with zero attached hydrogens (tertiary/aromatic N) is 1. The van der Waals surface area contributed by atoms with E-state index >= 15 is 0 Å². The van der Waals surface area contributed by atoms with Crippen molar-refractivity contribution in [2.24, 2.45) is 11.7 Å². The largest absolute Gasteiger partial charge is 0.396 e. The Morgan fingerprint density at radius 1 is 1.61 bits per heavy atom. The smallest absolute Gasteiger partial charge is 0.0596 e. The molecule has 1 aromatic rings. The van der Waals surface area contributed by atoms with Crippen LogP contribution >= 0.6 is 11.3 Å². The van der Waals surface area contributed by atoms with Gasteiger partial charge in [-0.3, -0.25) is 4.90 Å². The molecule has 3 N–H and O–H groups in total. The minimum Gasteiger partial charge on any atom is -0.396 e. The van der Waals surface area contributed by atoms with E-state index in [0.29, 0.717) is 18.6 Å². The van der Waals surface area contributed by atoms with Crippen LogP contribution < -0.4 is 5.73 Å². The SMILES string of the molecule is CCC(N)C(c1sccc1C)N1CCC(CO)C1. The van der Waals surface area contributed by atoms with Crippen molar-refractivity contribution >= 4 is 11.3 Å². The number of rotatable bonds is 5. The second-order valence-corrected chi connectivity index (χ2v) is 6.26. The maximum absolute atomic E-state index is 9.29. The highest BCUT2D eigenvalue weighted by Crippen LogP contribution is 2.35. The van der Waals surface area contributed by atoms with Gasteiger partial charge in [0, 0.05) is 24.1 Å². The van der Waals surface area contributed by atoms with Crippen LogP contribution in [0, 0.1) is 12.8 Å². The fourth-order valence-electron chi connectivity index (χ4n) is 2.81. The molecular formula is C14H24N2OS. The lowest BCUT2D eigenvalue weighted by atomic mass is 10.0. The first-order chi connectivity index (χ1) is 8.67. The zero-order valence-electron chi connectivity index (χ0n) is 11.3. The van der Waals surface area contributed by atoms with Crippen molar-refractivity contribution in [2.45, 2.75) is 38.8 Å². The zero-order valence-corrected chi connectivity index (χ0v) is 12.1. The lowest BCUT2D eigenvalue weighted by molar-refractivity contribution is 0.182. The predicted molar refractivity (Wildman–Crippen MR) is 76.8 cm³/mol. The third-order valence-corrected chi connectivity index (χ3v) is 5.11. The van der Waals surface area contributed by atoms with Crippen LogP contribution in [0.5, 0.6) is 0 Å². The lowest BCUT2D eigenvalue weighted by Gasteiger charge is -2.32. The van der Waals surface area contributed by atoms with E-state index in [-0.39, 0.29) is 6.04 Å². The Balaban J connectivity index is 2.19. The molecule has 2 heterocycles. The number of hydrogen-bond donors (Lipinski definition) is 2. The Hall–Kier alpha value is -0.420. The molecule has 3 unspecified atom stereocenters. The molecule has 2 rings (SSSR count). The van der Waals surface area contributed by atoms with Gasteiger partial charge in [0.05, 0.1) is 6.04 Å². The zero-order chi connectivity index (χ0) is 13.1. The molecule has 3 nitrogen and oxygen atoms in total. The van der Waals surface area contributed by atoms with Gasteiger partial charge in [0.1, 0.15) is 0 Å². The molecular weight excluding hydrogens is 244 g/mol. The van der Waals surface area contributed by atoms with Gasteiger partial charge < -0.3 is 10.8 Å². The third-order valence-electron chi connectivity index (χ3n) is 4.02. The van der Waals surface area contributed by atoms with E-state index in [1.54, 1.807) is 0 Å². The lowest BCUT2D eigenvalue weighted by Crippen LogP contribution is -2.39. The fraction of sp³-hybridized carbons (Fsp3) is 0.714. The Bertz CT molecular complexity index is 380. The van der Waals surface area contributed by atoms with Crippen LogP contribution in [0.2, 0.25) is 0 Å². The predicted octanol–water partition coefficient (Wildman–Crippen LogP) is 2.15. The Morgan fingerprint density at radius 3 is 2.89 bits per heavy atom. The summed E-state index contributed by atoms with van der Waals surface area (Å²) < 4.78 is 0. The summed E-state index contributed by atoms with van der Waals surface area (Å²) in [5.74, 6) is 0.428. The summed E-state index contributed by atoms with van der Waals surface area (Å²) in [6, 6.07) is 2.68. The Morgan fingerprint density at radius 2 is 2.39 bits per heavy atom. The van der Waals surface area contributed by atoms with Gasteiger partial charge in [0.15, 0.2) is 0 Å². The molecule has 0 radical (unpaired) electrons. The number of nitrogens with two attached hydrogens (primary N) is 1. The molecule has 0 saturated carbocycles. The van der Waals surface area contributed by atoms with Crippen LogP contribution in [0.15, 0.2) is 11.4 Å². The Kier molecular flexibility index (Phi) is 4.78. The summed E-state index contributed by atoms with van der Waals surface area (Å²) in [6.45, 7) is 6.65. The molecule has 4 heteroatoms. The average Bonchev–Trinajstić information content (AvgIpc) is 3.00. The van der Waals surface area contributed by atoms with Crippen molar-refractivity contribution in [1.29, 1.82) is 0 Å². The van der Waals surface area contributed by atoms with Gasteiger partial charge in [-0.2, -0.15) is 0 Å². The van der Waals surface area contributed by atoms with Crippen molar-refractivity contribution in [3.05, 3.63) is 21.9 Å². The number of aliphatic hydroxyl groups is 1. The van der Waals surface area contributed by atoms with Gasteiger partial charge in [-0.1, -0.05) is 6.92 Å². The van der Waals surface area contributed by atoms with E-state index in [4.69, 9.17) is 5.73 Å². The molecule has 0 spiro atoms. The summed E-state index contributed by atoms with van der Waals surface area (Å²) in [4.78, 5) is 3.87. The molecule has 0 amide bonds. The third kappa shape index (κ3) is 2.77. The van der Waals surface area contributed by atoms with E-state index < -0.39 is 0 Å². The molecule has 3 atom stereocenters. The molecule has 1 aromatic heterocycles. The summed E-state index contributed by atoms with van der Waals surface area (Å²) in [5.41, 5.74) is 7.70. The number of thiophene rings is 1. The minimum atomic E-state index is 0.180. The number of likely N-dealkylation sites (tertiary alicyclic amines) is 1. The highest BCUT2D eigenvalue weighted by atomic mass is 32.1. The van der Waals surface area contributed by atoms with E-state index in [2.05, 4.69) is 30.2 Å². The van der Waals surface area contributed by atoms with Gasteiger partial charge in [0.2, 0.25) is 0 Å². The minimum absolute atomic E-state index is 0.180. The highest BCUT2D eigenvalue weighted by molar-refractivity contribution is 7.10. The van der Waals surface area contributed by atoms with Gasteiger partial charge in [0.25, 0.3) is 0 Å². The summed E-state index contributed by atoms with van der Waals surface area (Å²) in [5, 5.41) is 11.4. The fourth-order valence-corrected chi connectivity index (χ4v) is 3.94. The Labute approximate surface area is 114 Å². The van der Waals surface area contributed by atoms with Crippen LogP contribution in [0.25, 0.3) is 0 Å². The second-order valence-electron chi connectivity index (χ2n) is 5.32. The van der Waals surface area contributed by atoms with Crippen LogP contribution in [0.3, 0.4) is 0 Å². The monoisotopic (exact) mass is 268 g/mol. The number of hydrogen-bond acceptors (Lipinski definition) is 4. The van der Waals surface area contributed by atoms with Gasteiger partial charge in [-0.05, 0) is 49.2 Å². The van der Waals surface area contributed by atoms with Crippen molar-refractivity contribution in [2.75, 3.05) is 19.7 Å². The van der Waals surface area contributed by atoms with Crippen LogP contribution in [-0.2, 0) is 0 Å². The van der Waals surface area contributed by atoms with Crippen molar-refractivity contribution < 1.29 is 5.11 Å². The van der Waals surface area contributed by atoms with Crippen molar-refractivity contribution in [3.8, 4) is 0 Å². The van der Waals surface area contributed by atoms with E-state index in [0.717, 1.165) is 25.9 Å². The highest BCUT2D eigenvalue weighted by Gasteiger charge is 2.33. The molecule has 1 aliphatic heterocycles. The standard InChI is InChI=1S/C14H24N2OS/c1-3-12(15)13(14-10(2)5-7-18-14)16-6-4-11(8-16)9-17/h5,7,11-13,17H,3-4,6,8-9,15H2,1-2H3. The van der Waals surface area contributed by atoms with E-state index in [1.807, 2.05) is 11.3 Å². The van der Waals surface area contributed by atoms with E-state index in [1.165, 1.54) is 10.4 Å². The molecule has 0 aromatic carbocycles. The van der Waals surface area contributed by atoms with Gasteiger partial charge >= 0.3 is 0 Å². The molecule has 1 fully saturated rings. The molecule has 0 bridgehead atoms. The first-order valence-electron chi connectivity index (χ1n) is 6.81. The molecule has 0 aliphatic carbocycles. The maximum Gasteiger partial charge on any atom is 0.0596 e. The summed E-state index contributed by atoms with van der Waals surface area (Å²) >= 11 is 1.81. The normalized spacial score (nSPS) is 24.3. The first kappa shape index (κ1) is 14.0. The van der Waals surface area contributed by atoms with E-state index in [9.17, 15) is 5.11 Å². The molecule has 1 saturated heterocycles. The average molecular weight is 268 g/mol. The second kappa shape index (κ2) is 6.15. The van der Waals surface area contributed by atoms with Gasteiger partial charge in [-0.15, -0.1) is 11.3 Å². The molecule has 102 valence electrons. The van der Waals surface area contributed by atoms with Crippen LogP contribution in [0.4, 0.5) is 0 Å². The molecule has 1 aliphatic rings. The van der Waals surface area contributed by atoms with Crippen molar-refractivity contribution in [1.82, 2.24) is 4.90 Å². The van der Waals surface area contributed by atoms with Crippen LogP contribution in [-0.4, -0.2) is 35.7 Å². The van der Waals surface area contributed by atoms with Crippen molar-refractivity contribution in [3.63, 3.8) is 0 Å². The number of aryl methyl sites for hydroxylation is 1. The van der Waals surface area contributed by atoms with Crippen LogP contribution in [0.1, 0.15) is 36.2 Å². The first-order valence-corrected chi connectivity index (χ1v) is 7.69. The maximum atomic E-state index is 9.29.